The molecule has 0 N–H and O–H groups in total. The maximum atomic E-state index is 12.5. The fraction of sp³-hybridized carbons (Fsp3) is 0.0645. The monoisotopic (exact) mass is 471 g/mol. The van der Waals surface area contributed by atoms with E-state index >= 15 is 0 Å². The molecule has 2 heterocycles. The Morgan fingerprint density at radius 2 is 1.36 bits per heavy atom. The Labute approximate surface area is 210 Å². The molecule has 2 aromatic heterocycles. The smallest absolute Gasteiger partial charge is 0.246 e. The van der Waals surface area contributed by atoms with Gasteiger partial charge in [0.05, 0.1) is 5.69 Å². The molecule has 0 unspecified atom stereocenters. The predicted octanol–water partition coefficient (Wildman–Crippen LogP) is 6.16. The molecule has 0 fully saturated rings. The number of hydrogen-bond acceptors (Lipinski definition) is 3. The van der Waals surface area contributed by atoms with Crippen molar-refractivity contribution in [3.8, 4) is 33.5 Å². The van der Waals surface area contributed by atoms with E-state index in [-0.39, 0.29) is 11.7 Å². The lowest BCUT2D eigenvalue weighted by Crippen LogP contribution is -2.19. The van der Waals surface area contributed by atoms with Crippen LogP contribution in [-0.2, 0) is 4.79 Å². The first-order valence-electron chi connectivity index (χ1n) is 11.7. The molecule has 176 valence electrons. The summed E-state index contributed by atoms with van der Waals surface area (Å²) in [6, 6.07) is 30.0. The Morgan fingerprint density at radius 3 is 2.00 bits per heavy atom. The lowest BCUT2D eigenvalue weighted by molar-refractivity contribution is -0.123. The van der Waals surface area contributed by atoms with Crippen molar-refractivity contribution >= 4 is 17.3 Å². The first kappa shape index (κ1) is 23.0. The van der Waals surface area contributed by atoms with Gasteiger partial charge in [0.1, 0.15) is 5.65 Å². The normalized spacial score (nSPS) is 11.2. The van der Waals surface area contributed by atoms with Gasteiger partial charge in [-0.2, -0.15) is 0 Å². The van der Waals surface area contributed by atoms with Gasteiger partial charge in [0.15, 0.2) is 5.78 Å². The molecule has 36 heavy (non-hydrogen) atoms. The van der Waals surface area contributed by atoms with E-state index in [1.54, 1.807) is 26.2 Å². The second kappa shape index (κ2) is 9.84. The maximum Gasteiger partial charge on any atom is 0.246 e. The number of likely N-dealkylation sites (N-methyl/N-ethyl adjacent to an activating group) is 1. The van der Waals surface area contributed by atoms with Gasteiger partial charge < -0.3 is 9.30 Å². The van der Waals surface area contributed by atoms with Gasteiger partial charge in [-0.15, -0.1) is 0 Å². The van der Waals surface area contributed by atoms with Crippen molar-refractivity contribution < 1.29 is 9.59 Å². The number of carbonyl (C=O) groups is 2. The van der Waals surface area contributed by atoms with Crippen LogP contribution in [0.3, 0.4) is 0 Å². The molecule has 3 aromatic carbocycles. The van der Waals surface area contributed by atoms with Crippen LogP contribution in [0.25, 0.3) is 39.2 Å². The zero-order valence-corrected chi connectivity index (χ0v) is 20.1. The fourth-order valence-electron chi connectivity index (χ4n) is 4.05. The molecular formula is C31H25N3O2. The minimum absolute atomic E-state index is 0.217. The molecule has 5 heteroatoms. The molecule has 0 saturated carbocycles. The molecule has 5 rings (SSSR count). The van der Waals surface area contributed by atoms with Crippen molar-refractivity contribution in [1.29, 1.82) is 0 Å². The van der Waals surface area contributed by atoms with Crippen molar-refractivity contribution in [3.63, 3.8) is 0 Å². The molecule has 0 radical (unpaired) electrons. The van der Waals surface area contributed by atoms with Crippen molar-refractivity contribution in [2.75, 3.05) is 14.1 Å². The number of hydrogen-bond donors (Lipinski definition) is 0. The fourth-order valence-corrected chi connectivity index (χ4v) is 4.05. The van der Waals surface area contributed by atoms with Gasteiger partial charge in [-0.3, -0.25) is 9.59 Å². The Balaban J connectivity index is 1.53. The van der Waals surface area contributed by atoms with Gasteiger partial charge in [-0.25, -0.2) is 4.98 Å². The summed E-state index contributed by atoms with van der Waals surface area (Å²) in [7, 11) is 3.29. The van der Waals surface area contributed by atoms with Crippen molar-refractivity contribution in [2.45, 2.75) is 0 Å². The third kappa shape index (κ3) is 4.72. The van der Waals surface area contributed by atoms with E-state index in [4.69, 9.17) is 4.98 Å². The van der Waals surface area contributed by atoms with Crippen LogP contribution in [0.4, 0.5) is 0 Å². The van der Waals surface area contributed by atoms with Crippen LogP contribution in [0.5, 0.6) is 0 Å². The molecule has 5 nitrogen and oxygen atoms in total. The molecule has 0 aliphatic rings. The summed E-state index contributed by atoms with van der Waals surface area (Å²) in [6.45, 7) is 0. The van der Waals surface area contributed by atoms with Gasteiger partial charge in [-0.05, 0) is 28.8 Å². The Kier molecular flexibility index (Phi) is 6.29. The number of carbonyl (C=O) groups excluding carboxylic acids is 2. The number of benzene rings is 3. The number of nitrogens with zero attached hydrogens (tertiary/aromatic N) is 3. The molecule has 0 aliphatic heterocycles. The lowest BCUT2D eigenvalue weighted by atomic mass is 10.0. The van der Waals surface area contributed by atoms with Gasteiger partial charge in [-0.1, -0.05) is 84.9 Å². The quantitative estimate of drug-likeness (QED) is 0.220. The highest BCUT2D eigenvalue weighted by Gasteiger charge is 2.13. The highest BCUT2D eigenvalue weighted by atomic mass is 16.2. The minimum atomic E-state index is -0.228. The summed E-state index contributed by atoms with van der Waals surface area (Å²) in [4.78, 5) is 30.6. The number of rotatable bonds is 6. The molecule has 0 spiro atoms. The van der Waals surface area contributed by atoms with Gasteiger partial charge in [0.2, 0.25) is 5.91 Å². The summed E-state index contributed by atoms with van der Waals surface area (Å²) in [5, 5.41) is 0. The van der Waals surface area contributed by atoms with E-state index in [0.717, 1.165) is 39.2 Å². The van der Waals surface area contributed by atoms with Crippen LogP contribution < -0.4 is 0 Å². The predicted molar refractivity (Wildman–Crippen MR) is 144 cm³/mol. The number of amides is 1. The zero-order chi connectivity index (χ0) is 25.1. The molecule has 0 saturated heterocycles. The Morgan fingerprint density at radius 1 is 0.722 bits per heavy atom. The summed E-state index contributed by atoms with van der Waals surface area (Å²) in [6.07, 6.45) is 6.70. The maximum absolute atomic E-state index is 12.5. The van der Waals surface area contributed by atoms with E-state index in [0.29, 0.717) is 5.56 Å². The van der Waals surface area contributed by atoms with Crippen LogP contribution in [0.2, 0.25) is 0 Å². The number of pyridine rings is 1. The van der Waals surface area contributed by atoms with Crippen molar-refractivity contribution in [3.05, 3.63) is 121 Å². The van der Waals surface area contributed by atoms with E-state index in [2.05, 4.69) is 40.9 Å². The highest BCUT2D eigenvalue weighted by Crippen LogP contribution is 2.32. The summed E-state index contributed by atoms with van der Waals surface area (Å²) in [5.74, 6) is -0.445. The second-order valence-corrected chi connectivity index (χ2v) is 8.74. The van der Waals surface area contributed by atoms with Crippen LogP contribution >= 0.6 is 0 Å². The third-order valence-corrected chi connectivity index (χ3v) is 6.03. The highest BCUT2D eigenvalue weighted by molar-refractivity contribution is 6.07. The van der Waals surface area contributed by atoms with E-state index < -0.39 is 0 Å². The van der Waals surface area contributed by atoms with Crippen LogP contribution in [0.1, 0.15) is 10.4 Å². The minimum Gasteiger partial charge on any atom is -0.345 e. The SMILES string of the molecule is CN(C)C(=O)C=CC(=O)c1ccc(-c2cn3cc(-c4ccccc4)cc(-c4ccccc4)c3n2)cc1. The second-order valence-electron chi connectivity index (χ2n) is 8.74. The van der Waals surface area contributed by atoms with Gasteiger partial charge >= 0.3 is 0 Å². The molecule has 0 bridgehead atoms. The van der Waals surface area contributed by atoms with E-state index in [1.807, 2.05) is 54.7 Å². The molecule has 0 aliphatic carbocycles. The summed E-state index contributed by atoms with van der Waals surface area (Å²) < 4.78 is 2.06. The number of imidazole rings is 1. The molecular weight excluding hydrogens is 446 g/mol. The topological polar surface area (TPSA) is 54.7 Å². The first-order valence-corrected chi connectivity index (χ1v) is 11.7. The zero-order valence-electron chi connectivity index (χ0n) is 20.1. The Bertz CT molecular complexity index is 1570. The first-order chi connectivity index (χ1) is 17.5. The summed E-state index contributed by atoms with van der Waals surface area (Å²) in [5.41, 5.74) is 7.48. The average molecular weight is 472 g/mol. The number of allylic oxidation sites excluding steroid dienone is 1. The third-order valence-electron chi connectivity index (χ3n) is 6.03. The molecule has 1 amide bonds. The lowest BCUT2D eigenvalue weighted by Gasteiger charge is -2.09. The number of ketones is 1. The van der Waals surface area contributed by atoms with Gasteiger partial charge in [0.25, 0.3) is 0 Å². The molecule has 0 atom stereocenters. The van der Waals surface area contributed by atoms with E-state index in [9.17, 15) is 9.59 Å². The number of fused-ring (bicyclic) bond motifs is 1. The Hall–Kier alpha value is -4.77. The molecule has 5 aromatic rings. The van der Waals surface area contributed by atoms with Crippen LogP contribution in [-0.4, -0.2) is 40.1 Å². The average Bonchev–Trinajstić information content (AvgIpc) is 3.36. The van der Waals surface area contributed by atoms with Gasteiger partial charge in [0, 0.05) is 49.3 Å². The van der Waals surface area contributed by atoms with E-state index in [1.165, 1.54) is 17.1 Å². The van der Waals surface area contributed by atoms with Crippen LogP contribution in [0, 0.1) is 0 Å². The number of aromatic nitrogens is 2. The van der Waals surface area contributed by atoms with Crippen molar-refractivity contribution in [1.82, 2.24) is 14.3 Å². The van der Waals surface area contributed by atoms with Crippen molar-refractivity contribution in [2.24, 2.45) is 0 Å². The summed E-state index contributed by atoms with van der Waals surface area (Å²) >= 11 is 0. The van der Waals surface area contributed by atoms with Crippen LogP contribution in [0.15, 0.2) is 116 Å². The standard InChI is InChI=1S/C31H25N3O2/c1-33(2)30(36)18-17-29(35)25-15-13-24(14-16-25)28-21-34-20-26(22-9-5-3-6-10-22)19-27(31(34)32-28)23-11-7-4-8-12-23/h3-21H,1-2H3. The largest absolute Gasteiger partial charge is 0.345 e.